The Bertz CT molecular complexity index is 822. The van der Waals surface area contributed by atoms with Crippen LogP contribution in [0.4, 0.5) is 0 Å². The van der Waals surface area contributed by atoms with Crippen molar-refractivity contribution in [3.05, 3.63) is 59.2 Å². The molecule has 5 nitrogen and oxygen atoms in total. The first-order valence-corrected chi connectivity index (χ1v) is 6.66. The second kappa shape index (κ2) is 5.01. The SMILES string of the molecule is Cc1cn2c(C)c(OC(=O)c3ccccc3)c(C)nc2n1. The number of aryl methyl sites for hydroxylation is 3. The van der Waals surface area contributed by atoms with E-state index in [0.29, 0.717) is 22.8 Å². The number of fused-ring (bicyclic) bond motifs is 1. The molecule has 21 heavy (non-hydrogen) atoms. The van der Waals surface area contributed by atoms with Crippen molar-refractivity contribution in [3.63, 3.8) is 0 Å². The summed E-state index contributed by atoms with van der Waals surface area (Å²) in [5, 5.41) is 0. The minimum atomic E-state index is -0.389. The van der Waals surface area contributed by atoms with E-state index in [1.165, 1.54) is 0 Å². The highest BCUT2D eigenvalue weighted by molar-refractivity contribution is 5.91. The molecule has 1 aromatic carbocycles. The van der Waals surface area contributed by atoms with E-state index in [1.54, 1.807) is 24.3 Å². The molecule has 5 heteroatoms. The first kappa shape index (κ1) is 13.3. The molecule has 0 unspecified atom stereocenters. The maximum atomic E-state index is 12.2. The van der Waals surface area contributed by atoms with Crippen molar-refractivity contribution in [1.29, 1.82) is 0 Å². The largest absolute Gasteiger partial charge is 0.419 e. The number of esters is 1. The molecule has 0 spiro atoms. The summed E-state index contributed by atoms with van der Waals surface area (Å²) in [4.78, 5) is 20.9. The van der Waals surface area contributed by atoms with Gasteiger partial charge in [-0.25, -0.2) is 14.8 Å². The van der Waals surface area contributed by atoms with Crippen LogP contribution in [0.2, 0.25) is 0 Å². The van der Waals surface area contributed by atoms with Crippen molar-refractivity contribution in [3.8, 4) is 5.75 Å². The predicted molar refractivity (Wildman–Crippen MR) is 78.6 cm³/mol. The Hall–Kier alpha value is -2.69. The van der Waals surface area contributed by atoms with Crippen molar-refractivity contribution in [2.45, 2.75) is 20.8 Å². The fourth-order valence-corrected chi connectivity index (χ4v) is 2.26. The topological polar surface area (TPSA) is 56.5 Å². The lowest BCUT2D eigenvalue weighted by Gasteiger charge is -2.11. The number of aromatic nitrogens is 3. The molecule has 0 aliphatic carbocycles. The van der Waals surface area contributed by atoms with Crippen LogP contribution in [-0.2, 0) is 0 Å². The van der Waals surface area contributed by atoms with Crippen LogP contribution in [0.25, 0.3) is 5.78 Å². The second-order valence-electron chi connectivity index (χ2n) is 4.92. The first-order valence-electron chi connectivity index (χ1n) is 6.66. The molecule has 0 bridgehead atoms. The zero-order chi connectivity index (χ0) is 15.0. The van der Waals surface area contributed by atoms with E-state index < -0.39 is 0 Å². The van der Waals surface area contributed by atoms with Gasteiger partial charge in [-0.05, 0) is 32.9 Å². The van der Waals surface area contributed by atoms with E-state index in [-0.39, 0.29) is 5.97 Å². The van der Waals surface area contributed by atoms with Gasteiger partial charge >= 0.3 is 5.97 Å². The van der Waals surface area contributed by atoms with Crippen LogP contribution in [-0.4, -0.2) is 20.3 Å². The van der Waals surface area contributed by atoms with Crippen molar-refractivity contribution < 1.29 is 9.53 Å². The number of imidazole rings is 1. The third-order valence-electron chi connectivity index (χ3n) is 3.30. The summed E-state index contributed by atoms with van der Waals surface area (Å²) in [5.41, 5.74) is 2.84. The van der Waals surface area contributed by atoms with E-state index in [0.717, 1.165) is 11.4 Å². The molecule has 0 amide bonds. The van der Waals surface area contributed by atoms with Crippen molar-refractivity contribution in [2.24, 2.45) is 0 Å². The lowest BCUT2D eigenvalue weighted by Crippen LogP contribution is -2.12. The van der Waals surface area contributed by atoms with Gasteiger partial charge in [-0.2, -0.15) is 0 Å². The molecule has 0 aliphatic rings. The normalized spacial score (nSPS) is 10.8. The van der Waals surface area contributed by atoms with Crippen LogP contribution in [0.3, 0.4) is 0 Å². The highest BCUT2D eigenvalue weighted by atomic mass is 16.5. The molecular weight excluding hydrogens is 266 g/mol. The highest BCUT2D eigenvalue weighted by Gasteiger charge is 2.16. The summed E-state index contributed by atoms with van der Waals surface area (Å²) in [7, 11) is 0. The predicted octanol–water partition coefficient (Wildman–Crippen LogP) is 2.87. The van der Waals surface area contributed by atoms with Gasteiger partial charge in [-0.15, -0.1) is 0 Å². The quantitative estimate of drug-likeness (QED) is 0.678. The minimum absolute atomic E-state index is 0.389. The molecule has 0 aliphatic heterocycles. The summed E-state index contributed by atoms with van der Waals surface area (Å²) < 4.78 is 7.36. The summed E-state index contributed by atoms with van der Waals surface area (Å²) in [5.74, 6) is 0.704. The molecule has 0 saturated heterocycles. The maximum Gasteiger partial charge on any atom is 0.343 e. The molecule has 0 N–H and O–H groups in total. The maximum absolute atomic E-state index is 12.2. The third-order valence-corrected chi connectivity index (χ3v) is 3.30. The number of carbonyl (C=O) groups excluding carboxylic acids is 1. The monoisotopic (exact) mass is 281 g/mol. The average molecular weight is 281 g/mol. The number of rotatable bonds is 2. The van der Waals surface area contributed by atoms with E-state index in [2.05, 4.69) is 9.97 Å². The number of hydrogen-bond acceptors (Lipinski definition) is 4. The van der Waals surface area contributed by atoms with Gasteiger partial charge in [0.05, 0.1) is 22.6 Å². The van der Waals surface area contributed by atoms with Gasteiger partial charge in [0.25, 0.3) is 0 Å². The van der Waals surface area contributed by atoms with Gasteiger partial charge in [0.1, 0.15) is 0 Å². The summed E-state index contributed by atoms with van der Waals surface area (Å²) in [6, 6.07) is 8.91. The Morgan fingerprint density at radius 1 is 1.10 bits per heavy atom. The molecule has 0 fully saturated rings. The van der Waals surface area contributed by atoms with Crippen molar-refractivity contribution in [2.75, 3.05) is 0 Å². The molecule has 106 valence electrons. The lowest BCUT2D eigenvalue weighted by molar-refractivity contribution is 0.0730. The number of ether oxygens (including phenoxy) is 1. The van der Waals surface area contributed by atoms with Crippen LogP contribution in [0.1, 0.15) is 27.4 Å². The van der Waals surface area contributed by atoms with E-state index >= 15 is 0 Å². The molecule has 0 radical (unpaired) electrons. The van der Waals surface area contributed by atoms with Crippen LogP contribution in [0, 0.1) is 20.8 Å². The number of nitrogens with zero attached hydrogens (tertiary/aromatic N) is 3. The van der Waals surface area contributed by atoms with Crippen LogP contribution in [0.5, 0.6) is 5.75 Å². The van der Waals surface area contributed by atoms with Gasteiger partial charge in [0.15, 0.2) is 5.75 Å². The third kappa shape index (κ3) is 2.38. The molecular formula is C16H15N3O2. The fraction of sp³-hybridized carbons (Fsp3) is 0.188. The average Bonchev–Trinajstić information content (AvgIpc) is 2.85. The first-order chi connectivity index (χ1) is 10.1. The van der Waals surface area contributed by atoms with E-state index in [1.807, 2.05) is 37.4 Å². The second-order valence-corrected chi connectivity index (χ2v) is 4.92. The Balaban J connectivity index is 2.02. The molecule has 3 aromatic rings. The lowest BCUT2D eigenvalue weighted by atomic mass is 10.2. The van der Waals surface area contributed by atoms with Gasteiger partial charge < -0.3 is 4.74 Å². The van der Waals surface area contributed by atoms with Crippen LogP contribution < -0.4 is 4.74 Å². The zero-order valence-corrected chi connectivity index (χ0v) is 12.1. The van der Waals surface area contributed by atoms with E-state index in [9.17, 15) is 4.79 Å². The van der Waals surface area contributed by atoms with Gasteiger partial charge in [-0.1, -0.05) is 18.2 Å². The molecule has 2 aromatic heterocycles. The van der Waals surface area contributed by atoms with Crippen LogP contribution >= 0.6 is 0 Å². The summed E-state index contributed by atoms with van der Waals surface area (Å²) >= 11 is 0. The van der Waals surface area contributed by atoms with Crippen molar-refractivity contribution in [1.82, 2.24) is 14.4 Å². The number of hydrogen-bond donors (Lipinski definition) is 0. The van der Waals surface area contributed by atoms with Crippen molar-refractivity contribution >= 4 is 11.7 Å². The Morgan fingerprint density at radius 2 is 1.81 bits per heavy atom. The van der Waals surface area contributed by atoms with Gasteiger partial charge in [-0.3, -0.25) is 4.40 Å². The number of carbonyl (C=O) groups is 1. The molecule has 0 saturated carbocycles. The standard InChI is InChI=1S/C16H15N3O2/c1-10-9-19-12(3)14(11(2)18-16(19)17-10)21-15(20)13-7-5-4-6-8-13/h4-9H,1-3H3. The molecule has 0 atom stereocenters. The van der Waals surface area contributed by atoms with Gasteiger partial charge in [0, 0.05) is 6.20 Å². The smallest absolute Gasteiger partial charge is 0.343 e. The summed E-state index contributed by atoms with van der Waals surface area (Å²) in [6.45, 7) is 5.60. The Morgan fingerprint density at radius 3 is 2.52 bits per heavy atom. The molecule has 3 rings (SSSR count). The van der Waals surface area contributed by atoms with E-state index in [4.69, 9.17) is 4.74 Å². The minimum Gasteiger partial charge on any atom is -0.419 e. The fourth-order valence-electron chi connectivity index (χ4n) is 2.26. The Labute approximate surface area is 122 Å². The summed E-state index contributed by atoms with van der Waals surface area (Å²) in [6.07, 6.45) is 1.87. The zero-order valence-electron chi connectivity index (χ0n) is 12.1. The van der Waals surface area contributed by atoms with Crippen LogP contribution in [0.15, 0.2) is 36.5 Å². The highest BCUT2D eigenvalue weighted by Crippen LogP contribution is 2.23. The van der Waals surface area contributed by atoms with Gasteiger partial charge in [0.2, 0.25) is 5.78 Å². The Kier molecular flexibility index (Phi) is 3.17. The molecule has 2 heterocycles. The number of benzene rings is 1.